The number of aryl methyl sites for hydroxylation is 2. The van der Waals surface area contributed by atoms with Crippen LogP contribution in [0.2, 0.25) is 0 Å². The molecule has 2 aromatic carbocycles. The number of carbonyl (C=O) groups excluding carboxylic acids is 1. The number of thiazole rings is 1. The minimum absolute atomic E-state index is 0.228. The van der Waals surface area contributed by atoms with Crippen LogP contribution in [0.5, 0.6) is 0 Å². The Balaban J connectivity index is 1.59. The first kappa shape index (κ1) is 16.4. The summed E-state index contributed by atoms with van der Waals surface area (Å²) >= 11 is 1.63. The molecule has 0 spiro atoms. The molecular formula is C20H16N4OS. The number of rotatable bonds is 3. The van der Waals surface area contributed by atoms with Gasteiger partial charge in [-0.15, -0.1) is 11.3 Å². The van der Waals surface area contributed by atoms with Crippen LogP contribution in [0.3, 0.4) is 0 Å². The molecule has 0 aliphatic carbocycles. The van der Waals surface area contributed by atoms with Gasteiger partial charge in [0.2, 0.25) is 0 Å². The van der Waals surface area contributed by atoms with E-state index in [0.29, 0.717) is 22.8 Å². The van der Waals surface area contributed by atoms with E-state index in [1.807, 2.05) is 62.4 Å². The van der Waals surface area contributed by atoms with Crippen molar-refractivity contribution in [2.75, 3.05) is 5.32 Å². The minimum Gasteiger partial charge on any atom is -0.322 e. The van der Waals surface area contributed by atoms with Crippen molar-refractivity contribution in [2.24, 2.45) is 0 Å². The van der Waals surface area contributed by atoms with E-state index in [-0.39, 0.29) is 5.91 Å². The Kier molecular flexibility index (Phi) is 4.18. The predicted octanol–water partition coefficient (Wildman–Crippen LogP) is 4.62. The fourth-order valence-electron chi connectivity index (χ4n) is 2.74. The van der Waals surface area contributed by atoms with Crippen molar-refractivity contribution < 1.29 is 4.79 Å². The molecule has 0 unspecified atom stereocenters. The van der Waals surface area contributed by atoms with Crippen LogP contribution in [0.1, 0.15) is 21.1 Å². The average molecular weight is 360 g/mol. The van der Waals surface area contributed by atoms with E-state index in [2.05, 4.69) is 20.3 Å². The summed E-state index contributed by atoms with van der Waals surface area (Å²) in [6.07, 6.45) is 1.57. The van der Waals surface area contributed by atoms with Gasteiger partial charge in [0, 0.05) is 17.4 Å². The Hall–Kier alpha value is -3.12. The number of anilines is 1. The van der Waals surface area contributed by atoms with Gasteiger partial charge < -0.3 is 5.32 Å². The number of hydrogen-bond donors (Lipinski definition) is 1. The molecule has 26 heavy (non-hydrogen) atoms. The fraction of sp³-hybridized carbons (Fsp3) is 0.100. The third kappa shape index (κ3) is 3.19. The number of fused-ring (bicyclic) bond motifs is 1. The van der Waals surface area contributed by atoms with Gasteiger partial charge in [-0.25, -0.2) is 15.0 Å². The molecule has 0 atom stereocenters. The summed E-state index contributed by atoms with van der Waals surface area (Å²) in [5, 5.41) is 3.91. The van der Waals surface area contributed by atoms with Crippen molar-refractivity contribution in [3.05, 3.63) is 71.0 Å². The van der Waals surface area contributed by atoms with Gasteiger partial charge in [0.15, 0.2) is 5.82 Å². The van der Waals surface area contributed by atoms with E-state index in [1.165, 1.54) is 0 Å². The van der Waals surface area contributed by atoms with Crippen LogP contribution in [-0.4, -0.2) is 20.9 Å². The number of amides is 1. The monoisotopic (exact) mass is 360 g/mol. The summed E-state index contributed by atoms with van der Waals surface area (Å²) in [5.41, 5.74) is 3.62. The molecule has 0 saturated heterocycles. The maximum atomic E-state index is 12.6. The molecule has 2 aromatic heterocycles. The molecule has 4 rings (SSSR count). The highest BCUT2D eigenvalue weighted by Crippen LogP contribution is 2.25. The van der Waals surface area contributed by atoms with Crippen molar-refractivity contribution in [3.63, 3.8) is 0 Å². The maximum absolute atomic E-state index is 12.6. The zero-order valence-corrected chi connectivity index (χ0v) is 15.2. The second kappa shape index (κ2) is 6.65. The molecule has 0 fully saturated rings. The van der Waals surface area contributed by atoms with Crippen LogP contribution in [-0.2, 0) is 0 Å². The molecule has 0 aliphatic heterocycles. The third-order valence-electron chi connectivity index (χ3n) is 4.01. The highest BCUT2D eigenvalue weighted by Gasteiger charge is 2.13. The number of benzene rings is 2. The van der Waals surface area contributed by atoms with Crippen LogP contribution in [0.15, 0.2) is 54.7 Å². The summed E-state index contributed by atoms with van der Waals surface area (Å²) in [7, 11) is 0. The molecule has 0 saturated carbocycles. The van der Waals surface area contributed by atoms with Gasteiger partial charge in [-0.3, -0.25) is 4.79 Å². The molecule has 6 heteroatoms. The van der Waals surface area contributed by atoms with E-state index in [0.717, 1.165) is 20.8 Å². The molecule has 0 aliphatic rings. The number of hydrogen-bond acceptors (Lipinski definition) is 5. The zero-order valence-electron chi connectivity index (χ0n) is 14.4. The quantitative estimate of drug-likeness (QED) is 0.579. The van der Waals surface area contributed by atoms with Crippen molar-refractivity contribution in [1.29, 1.82) is 0 Å². The summed E-state index contributed by atoms with van der Waals surface area (Å²) in [6.45, 7) is 3.79. The van der Waals surface area contributed by atoms with Gasteiger partial charge in [0.25, 0.3) is 5.91 Å². The normalized spacial score (nSPS) is 10.8. The number of nitrogens with one attached hydrogen (secondary N) is 1. The van der Waals surface area contributed by atoms with Crippen molar-refractivity contribution >= 4 is 33.1 Å². The van der Waals surface area contributed by atoms with Crippen LogP contribution in [0, 0.1) is 13.8 Å². The highest BCUT2D eigenvalue weighted by molar-refractivity contribution is 7.18. The molecule has 128 valence electrons. The second-order valence-corrected chi connectivity index (χ2v) is 7.16. The van der Waals surface area contributed by atoms with Crippen LogP contribution < -0.4 is 5.32 Å². The number of carbonyl (C=O) groups is 1. The first-order valence-corrected chi connectivity index (χ1v) is 8.99. The summed E-state index contributed by atoms with van der Waals surface area (Å²) < 4.78 is 1.10. The van der Waals surface area contributed by atoms with E-state index in [4.69, 9.17) is 0 Å². The van der Waals surface area contributed by atoms with Crippen molar-refractivity contribution in [3.8, 4) is 11.4 Å². The second-order valence-electron chi connectivity index (χ2n) is 5.93. The summed E-state index contributed by atoms with van der Waals surface area (Å²) in [5.74, 6) is 0.382. The smallest absolute Gasteiger partial charge is 0.259 e. The molecule has 2 heterocycles. The molecule has 0 bridgehead atoms. The van der Waals surface area contributed by atoms with Crippen LogP contribution >= 0.6 is 11.3 Å². The molecule has 1 N–H and O–H groups in total. The topological polar surface area (TPSA) is 67.8 Å². The van der Waals surface area contributed by atoms with E-state index >= 15 is 0 Å². The van der Waals surface area contributed by atoms with Gasteiger partial charge in [0.05, 0.1) is 26.5 Å². The Morgan fingerprint density at radius 3 is 2.62 bits per heavy atom. The van der Waals surface area contributed by atoms with Crippen LogP contribution in [0.4, 0.5) is 5.69 Å². The third-order valence-corrected chi connectivity index (χ3v) is 4.96. The largest absolute Gasteiger partial charge is 0.322 e. The van der Waals surface area contributed by atoms with E-state index in [1.54, 1.807) is 17.5 Å². The average Bonchev–Trinajstić information content (AvgIpc) is 3.01. The Bertz CT molecular complexity index is 1110. The van der Waals surface area contributed by atoms with Crippen molar-refractivity contribution in [1.82, 2.24) is 15.0 Å². The summed E-state index contributed by atoms with van der Waals surface area (Å²) in [4.78, 5) is 25.9. The molecule has 1 amide bonds. The lowest BCUT2D eigenvalue weighted by Gasteiger charge is -2.08. The standard InChI is InChI=1S/C20H16N4OS/c1-12-16(11-21-19(22-12)14-6-4-3-5-7-14)20(25)24-15-8-9-18-17(10-15)23-13(2)26-18/h3-11H,1-2H3,(H,24,25). The van der Waals surface area contributed by atoms with E-state index < -0.39 is 0 Å². The van der Waals surface area contributed by atoms with Gasteiger partial charge in [-0.1, -0.05) is 30.3 Å². The first-order chi connectivity index (χ1) is 12.6. The Morgan fingerprint density at radius 2 is 1.85 bits per heavy atom. The SMILES string of the molecule is Cc1nc2cc(NC(=O)c3cnc(-c4ccccc4)nc3C)ccc2s1. The van der Waals surface area contributed by atoms with E-state index in [9.17, 15) is 4.79 Å². The Labute approximate surface area is 154 Å². The molecular weight excluding hydrogens is 344 g/mol. The predicted molar refractivity (Wildman–Crippen MR) is 105 cm³/mol. The lowest BCUT2D eigenvalue weighted by Crippen LogP contribution is -2.15. The Morgan fingerprint density at radius 1 is 1.04 bits per heavy atom. The highest BCUT2D eigenvalue weighted by atomic mass is 32.1. The number of nitrogens with zero attached hydrogens (tertiary/aromatic N) is 3. The number of aromatic nitrogens is 3. The van der Waals surface area contributed by atoms with Gasteiger partial charge in [-0.2, -0.15) is 0 Å². The van der Waals surface area contributed by atoms with Gasteiger partial charge >= 0.3 is 0 Å². The van der Waals surface area contributed by atoms with Crippen LogP contribution in [0.25, 0.3) is 21.6 Å². The van der Waals surface area contributed by atoms with Crippen molar-refractivity contribution in [2.45, 2.75) is 13.8 Å². The lowest BCUT2D eigenvalue weighted by molar-refractivity contribution is 0.102. The minimum atomic E-state index is -0.228. The maximum Gasteiger partial charge on any atom is 0.259 e. The first-order valence-electron chi connectivity index (χ1n) is 8.18. The molecule has 5 nitrogen and oxygen atoms in total. The summed E-state index contributed by atoms with van der Waals surface area (Å²) in [6, 6.07) is 15.4. The van der Waals surface area contributed by atoms with Gasteiger partial charge in [0.1, 0.15) is 0 Å². The zero-order chi connectivity index (χ0) is 18.1. The molecule has 4 aromatic rings. The lowest BCUT2D eigenvalue weighted by atomic mass is 10.2. The van der Waals surface area contributed by atoms with Gasteiger partial charge in [-0.05, 0) is 32.0 Å². The fourth-order valence-corrected chi connectivity index (χ4v) is 3.54. The molecule has 0 radical (unpaired) electrons.